The van der Waals surface area contributed by atoms with E-state index in [9.17, 15) is 5.11 Å². The van der Waals surface area contributed by atoms with Crippen LogP contribution in [-0.2, 0) is 0 Å². The van der Waals surface area contributed by atoms with Gasteiger partial charge in [0.2, 0.25) is 0 Å². The minimum Gasteiger partial charge on any atom is -0.392 e. The lowest BCUT2D eigenvalue weighted by molar-refractivity contribution is 0.132. The smallest absolute Gasteiger partial charge is 0.0638 e. The first-order chi connectivity index (χ1) is 6.08. The van der Waals surface area contributed by atoms with E-state index in [-0.39, 0.29) is 6.10 Å². The Hall–Kier alpha value is -0.120. The van der Waals surface area contributed by atoms with Gasteiger partial charge in [0, 0.05) is 19.6 Å². The van der Waals surface area contributed by atoms with Gasteiger partial charge in [-0.15, -0.1) is 0 Å². The van der Waals surface area contributed by atoms with Gasteiger partial charge < -0.3 is 14.9 Å². The monoisotopic (exact) mass is 186 g/mol. The number of aliphatic hydroxyl groups is 1. The normalized spacial score (nSPS) is 27.0. The number of aliphatic hydroxyl groups excluding tert-OH is 1. The number of nitrogens with zero attached hydrogens (tertiary/aromatic N) is 2. The zero-order chi connectivity index (χ0) is 9.84. The Kier molecular flexibility index (Phi) is 4.16. The van der Waals surface area contributed by atoms with Gasteiger partial charge in [0.15, 0.2) is 0 Å². The highest BCUT2D eigenvalue weighted by Crippen LogP contribution is 2.14. The van der Waals surface area contributed by atoms with Crippen LogP contribution in [0.25, 0.3) is 0 Å². The molecule has 1 aliphatic rings. The summed E-state index contributed by atoms with van der Waals surface area (Å²) in [4.78, 5) is 4.61. The molecule has 0 aromatic carbocycles. The molecule has 0 aliphatic carbocycles. The number of hydrogen-bond donors (Lipinski definition) is 1. The zero-order valence-electron chi connectivity index (χ0n) is 9.03. The Balaban J connectivity index is 2.16. The highest BCUT2D eigenvalue weighted by atomic mass is 16.3. The second-order valence-electron chi connectivity index (χ2n) is 4.49. The quantitative estimate of drug-likeness (QED) is 0.682. The molecule has 0 radical (unpaired) electrons. The third kappa shape index (κ3) is 4.07. The summed E-state index contributed by atoms with van der Waals surface area (Å²) in [6.07, 6.45) is 1.10. The van der Waals surface area contributed by atoms with Crippen molar-refractivity contribution in [2.24, 2.45) is 5.92 Å². The van der Waals surface area contributed by atoms with Crippen molar-refractivity contribution in [3.05, 3.63) is 0 Å². The van der Waals surface area contributed by atoms with Crippen LogP contribution in [0.15, 0.2) is 0 Å². The van der Waals surface area contributed by atoms with Gasteiger partial charge in [-0.05, 0) is 39.9 Å². The van der Waals surface area contributed by atoms with Gasteiger partial charge in [-0.2, -0.15) is 0 Å². The Labute approximate surface area is 81.3 Å². The van der Waals surface area contributed by atoms with Crippen LogP contribution in [0.3, 0.4) is 0 Å². The SMILES string of the molecule is C[C@H](O)CN(C)CC1CCN(C)C1. The van der Waals surface area contributed by atoms with E-state index in [1.165, 1.54) is 19.5 Å². The van der Waals surface area contributed by atoms with E-state index in [4.69, 9.17) is 0 Å². The molecule has 3 nitrogen and oxygen atoms in total. The van der Waals surface area contributed by atoms with E-state index in [1.54, 1.807) is 0 Å². The maximum atomic E-state index is 9.20. The minimum absolute atomic E-state index is 0.205. The van der Waals surface area contributed by atoms with Gasteiger partial charge >= 0.3 is 0 Å². The highest BCUT2D eigenvalue weighted by molar-refractivity contribution is 4.75. The van der Waals surface area contributed by atoms with Crippen molar-refractivity contribution in [1.29, 1.82) is 0 Å². The van der Waals surface area contributed by atoms with Crippen LogP contribution in [0, 0.1) is 5.92 Å². The third-order valence-corrected chi connectivity index (χ3v) is 2.63. The summed E-state index contributed by atoms with van der Waals surface area (Å²) in [7, 11) is 4.26. The van der Waals surface area contributed by atoms with Crippen LogP contribution in [0.1, 0.15) is 13.3 Å². The molecule has 1 saturated heterocycles. The van der Waals surface area contributed by atoms with Crippen LogP contribution in [0.5, 0.6) is 0 Å². The standard InChI is InChI=1S/C10H22N2O/c1-9(13)6-12(3)8-10-4-5-11(2)7-10/h9-10,13H,4-8H2,1-3H3/t9-,10?/m0/s1. The van der Waals surface area contributed by atoms with E-state index in [2.05, 4.69) is 23.9 Å². The lowest BCUT2D eigenvalue weighted by Crippen LogP contribution is -2.32. The predicted molar refractivity (Wildman–Crippen MR) is 54.8 cm³/mol. The zero-order valence-corrected chi connectivity index (χ0v) is 9.03. The van der Waals surface area contributed by atoms with Crippen molar-refractivity contribution in [3.63, 3.8) is 0 Å². The largest absolute Gasteiger partial charge is 0.392 e. The topological polar surface area (TPSA) is 26.7 Å². The van der Waals surface area contributed by atoms with Gasteiger partial charge in [0.1, 0.15) is 0 Å². The molecule has 0 amide bonds. The molecule has 1 rings (SSSR count). The molecule has 1 N–H and O–H groups in total. The van der Waals surface area contributed by atoms with Crippen LogP contribution in [0.2, 0.25) is 0 Å². The van der Waals surface area contributed by atoms with E-state index < -0.39 is 0 Å². The first-order valence-electron chi connectivity index (χ1n) is 5.13. The molecular formula is C10H22N2O. The van der Waals surface area contributed by atoms with Gasteiger partial charge in [-0.1, -0.05) is 0 Å². The van der Waals surface area contributed by atoms with E-state index >= 15 is 0 Å². The molecule has 78 valence electrons. The highest BCUT2D eigenvalue weighted by Gasteiger charge is 2.20. The molecule has 3 heteroatoms. The molecule has 13 heavy (non-hydrogen) atoms. The Morgan fingerprint density at radius 3 is 2.77 bits per heavy atom. The lowest BCUT2D eigenvalue weighted by Gasteiger charge is -2.21. The average molecular weight is 186 g/mol. The average Bonchev–Trinajstić information content (AvgIpc) is 2.33. The second-order valence-corrected chi connectivity index (χ2v) is 4.49. The molecule has 0 aromatic heterocycles. The molecule has 1 fully saturated rings. The summed E-state index contributed by atoms with van der Waals surface area (Å²) < 4.78 is 0. The summed E-state index contributed by atoms with van der Waals surface area (Å²) in [6, 6.07) is 0. The maximum Gasteiger partial charge on any atom is 0.0638 e. The van der Waals surface area contributed by atoms with E-state index in [0.717, 1.165) is 19.0 Å². The molecular weight excluding hydrogens is 164 g/mol. The molecule has 1 aliphatic heterocycles. The van der Waals surface area contributed by atoms with Crippen LogP contribution < -0.4 is 0 Å². The van der Waals surface area contributed by atoms with E-state index in [1.807, 2.05) is 6.92 Å². The van der Waals surface area contributed by atoms with Crippen LogP contribution in [0.4, 0.5) is 0 Å². The van der Waals surface area contributed by atoms with Crippen molar-refractivity contribution in [2.75, 3.05) is 40.3 Å². The fourth-order valence-corrected chi connectivity index (χ4v) is 2.14. The Morgan fingerprint density at radius 1 is 1.62 bits per heavy atom. The van der Waals surface area contributed by atoms with Gasteiger partial charge in [0.05, 0.1) is 6.10 Å². The van der Waals surface area contributed by atoms with Gasteiger partial charge in [-0.3, -0.25) is 0 Å². The summed E-state index contributed by atoms with van der Waals surface area (Å²) in [5.41, 5.74) is 0. The molecule has 0 bridgehead atoms. The summed E-state index contributed by atoms with van der Waals surface area (Å²) >= 11 is 0. The van der Waals surface area contributed by atoms with Crippen LogP contribution in [-0.4, -0.2) is 61.3 Å². The van der Waals surface area contributed by atoms with Crippen molar-refractivity contribution in [2.45, 2.75) is 19.4 Å². The number of hydrogen-bond acceptors (Lipinski definition) is 3. The summed E-state index contributed by atoms with van der Waals surface area (Å²) in [5, 5.41) is 9.20. The maximum absolute atomic E-state index is 9.20. The first kappa shape index (κ1) is 11.0. The fourth-order valence-electron chi connectivity index (χ4n) is 2.14. The first-order valence-corrected chi connectivity index (χ1v) is 5.13. The van der Waals surface area contributed by atoms with Gasteiger partial charge in [-0.25, -0.2) is 0 Å². The molecule has 0 saturated carbocycles. The van der Waals surface area contributed by atoms with Crippen molar-refractivity contribution >= 4 is 0 Å². The van der Waals surface area contributed by atoms with E-state index in [0.29, 0.717) is 0 Å². The predicted octanol–water partition coefficient (Wildman–Crippen LogP) is 0.251. The Bertz CT molecular complexity index is 150. The summed E-state index contributed by atoms with van der Waals surface area (Å²) in [5.74, 6) is 0.800. The molecule has 2 atom stereocenters. The lowest BCUT2D eigenvalue weighted by atomic mass is 10.1. The summed E-state index contributed by atoms with van der Waals surface area (Å²) in [6.45, 7) is 6.20. The molecule has 1 heterocycles. The van der Waals surface area contributed by atoms with Crippen molar-refractivity contribution in [1.82, 2.24) is 9.80 Å². The van der Waals surface area contributed by atoms with Crippen molar-refractivity contribution in [3.8, 4) is 0 Å². The van der Waals surface area contributed by atoms with Crippen molar-refractivity contribution < 1.29 is 5.11 Å². The molecule has 0 aromatic rings. The number of likely N-dealkylation sites (N-methyl/N-ethyl adjacent to an activating group) is 1. The minimum atomic E-state index is -0.205. The number of likely N-dealkylation sites (tertiary alicyclic amines) is 1. The molecule has 1 unspecified atom stereocenters. The second kappa shape index (κ2) is 4.94. The fraction of sp³-hybridized carbons (Fsp3) is 1.00. The number of rotatable bonds is 4. The molecule has 0 spiro atoms. The third-order valence-electron chi connectivity index (χ3n) is 2.63. The van der Waals surface area contributed by atoms with Crippen LogP contribution >= 0.6 is 0 Å². The van der Waals surface area contributed by atoms with Gasteiger partial charge in [0.25, 0.3) is 0 Å². The Morgan fingerprint density at radius 2 is 2.31 bits per heavy atom.